The normalized spacial score (nSPS) is 18.4. The number of carbonyl (C=O) groups excluding carboxylic acids is 2. The van der Waals surface area contributed by atoms with Gasteiger partial charge in [0.2, 0.25) is 0 Å². The summed E-state index contributed by atoms with van der Waals surface area (Å²) in [6, 6.07) is 14.7. The number of fused-ring (bicyclic) bond motifs is 1. The van der Waals surface area contributed by atoms with Crippen molar-refractivity contribution in [1.82, 2.24) is 29.7 Å². The molecule has 2 aromatic carbocycles. The van der Waals surface area contributed by atoms with Crippen LogP contribution in [0, 0.1) is 0 Å². The number of aromatic nitrogens is 4. The molecule has 256 valence electrons. The molecule has 2 fully saturated rings. The summed E-state index contributed by atoms with van der Waals surface area (Å²) in [5.74, 6) is 1.57. The summed E-state index contributed by atoms with van der Waals surface area (Å²) < 4.78 is 12.5. The van der Waals surface area contributed by atoms with Gasteiger partial charge in [-0.15, -0.1) is 11.3 Å². The topological polar surface area (TPSA) is 116 Å². The molecule has 10 nitrogen and oxygen atoms in total. The predicted molar refractivity (Wildman–Crippen MR) is 192 cm³/mol. The van der Waals surface area contributed by atoms with Gasteiger partial charge in [-0.3, -0.25) is 9.80 Å². The number of imidazole rings is 2. The first-order chi connectivity index (χ1) is 23.3. The minimum atomic E-state index is -0.546. The highest BCUT2D eigenvalue weighted by Crippen LogP contribution is 2.40. The van der Waals surface area contributed by atoms with E-state index in [9.17, 15) is 9.59 Å². The van der Waals surface area contributed by atoms with Gasteiger partial charge < -0.3 is 19.4 Å². The van der Waals surface area contributed by atoms with Crippen molar-refractivity contribution >= 4 is 33.6 Å². The number of thiophene rings is 1. The number of nitrogens with one attached hydrogen (secondary N) is 2. The second-order valence-electron chi connectivity index (χ2n) is 14.9. The van der Waals surface area contributed by atoms with Gasteiger partial charge in [0.05, 0.1) is 23.5 Å². The quantitative estimate of drug-likeness (QED) is 0.191. The molecule has 0 unspecified atom stereocenters. The highest BCUT2D eigenvalue weighted by Gasteiger charge is 2.36. The molecule has 2 N–H and O–H groups in total. The number of aromatic amines is 2. The Morgan fingerprint density at radius 3 is 1.80 bits per heavy atom. The molecule has 2 saturated heterocycles. The van der Waals surface area contributed by atoms with Crippen molar-refractivity contribution < 1.29 is 19.1 Å². The molecule has 2 aliphatic heterocycles. The van der Waals surface area contributed by atoms with Crippen LogP contribution in [0.4, 0.5) is 9.59 Å². The lowest BCUT2D eigenvalue weighted by molar-refractivity contribution is 0.0208. The van der Waals surface area contributed by atoms with Crippen molar-refractivity contribution in [3.05, 3.63) is 71.9 Å². The van der Waals surface area contributed by atoms with Gasteiger partial charge in [0.1, 0.15) is 22.9 Å². The van der Waals surface area contributed by atoms with Crippen LogP contribution in [0.15, 0.2) is 60.2 Å². The van der Waals surface area contributed by atoms with E-state index in [0.717, 1.165) is 75.7 Å². The molecule has 7 rings (SSSR count). The van der Waals surface area contributed by atoms with Crippen molar-refractivity contribution in [2.75, 3.05) is 13.1 Å². The number of amides is 2. The van der Waals surface area contributed by atoms with Crippen LogP contribution in [-0.4, -0.2) is 66.2 Å². The molecule has 0 aliphatic carbocycles. The molecule has 0 bridgehead atoms. The Morgan fingerprint density at radius 2 is 1.22 bits per heavy atom. The lowest BCUT2D eigenvalue weighted by Gasteiger charge is -2.27. The van der Waals surface area contributed by atoms with Crippen molar-refractivity contribution in [1.29, 1.82) is 0 Å². The molecule has 2 atom stereocenters. The number of carbonyl (C=O) groups is 2. The molecule has 49 heavy (non-hydrogen) atoms. The van der Waals surface area contributed by atoms with Gasteiger partial charge >= 0.3 is 12.2 Å². The van der Waals surface area contributed by atoms with E-state index in [4.69, 9.17) is 19.4 Å². The maximum Gasteiger partial charge on any atom is 0.410 e. The van der Waals surface area contributed by atoms with Crippen LogP contribution in [0.3, 0.4) is 0 Å². The van der Waals surface area contributed by atoms with E-state index in [1.54, 1.807) is 21.1 Å². The maximum absolute atomic E-state index is 12.9. The standard InChI is InChI=1S/C38H44N6O4S/c1-37(2,3)47-35(45)43-18-7-9-30(43)33-39-21-28(41-33)24-13-11-23(12-14-24)25-15-16-27(32-26(25)17-20-49-32)29-22-40-34(42-29)31-10-8-19-44(31)36(46)48-38(4,5)6/h11-17,20-22,30-31H,7-10,18-19H2,1-6H3,(H,39,41)(H,40,42)/t30-,31-/m0/s1. The molecule has 11 heteroatoms. The number of H-pyrrole nitrogens is 2. The van der Waals surface area contributed by atoms with Crippen LogP contribution in [0.25, 0.3) is 43.7 Å². The Morgan fingerprint density at radius 1 is 0.714 bits per heavy atom. The molecule has 3 aromatic heterocycles. The Hall–Kier alpha value is -4.64. The van der Waals surface area contributed by atoms with Crippen LogP contribution in [0.2, 0.25) is 0 Å². The molecule has 0 saturated carbocycles. The zero-order chi connectivity index (χ0) is 34.5. The number of rotatable bonds is 5. The van der Waals surface area contributed by atoms with Crippen LogP contribution in [0.1, 0.15) is 91.0 Å². The summed E-state index contributed by atoms with van der Waals surface area (Å²) in [4.78, 5) is 45.9. The summed E-state index contributed by atoms with van der Waals surface area (Å²) in [6.45, 7) is 12.6. The highest BCUT2D eigenvalue weighted by molar-refractivity contribution is 7.17. The monoisotopic (exact) mass is 680 g/mol. The first kappa shape index (κ1) is 32.9. The Balaban J connectivity index is 1.09. The maximum atomic E-state index is 12.9. The molecule has 2 amide bonds. The average molecular weight is 681 g/mol. The van der Waals surface area contributed by atoms with Crippen molar-refractivity contribution in [3.8, 4) is 33.6 Å². The number of likely N-dealkylation sites (tertiary alicyclic amines) is 2. The van der Waals surface area contributed by atoms with E-state index in [1.165, 1.54) is 5.39 Å². The van der Waals surface area contributed by atoms with Gasteiger partial charge in [-0.1, -0.05) is 36.4 Å². The molecular weight excluding hydrogens is 637 g/mol. The lowest BCUT2D eigenvalue weighted by atomic mass is 9.97. The fraction of sp³-hybridized carbons (Fsp3) is 0.421. The molecule has 2 aliphatic rings. The summed E-state index contributed by atoms with van der Waals surface area (Å²) in [7, 11) is 0. The van der Waals surface area contributed by atoms with Gasteiger partial charge in [0, 0.05) is 46.7 Å². The molecular formula is C38H44N6O4S. The largest absolute Gasteiger partial charge is 0.444 e. The molecule has 5 heterocycles. The van der Waals surface area contributed by atoms with E-state index >= 15 is 0 Å². The van der Waals surface area contributed by atoms with Gasteiger partial charge in [-0.2, -0.15) is 0 Å². The fourth-order valence-corrected chi connectivity index (χ4v) is 7.76. The van der Waals surface area contributed by atoms with Crippen LogP contribution in [0.5, 0.6) is 0 Å². The number of ether oxygens (including phenoxy) is 2. The van der Waals surface area contributed by atoms with Gasteiger partial charge in [0.25, 0.3) is 0 Å². The highest BCUT2D eigenvalue weighted by atomic mass is 32.1. The number of hydrogen-bond donors (Lipinski definition) is 2. The second kappa shape index (κ2) is 12.7. The summed E-state index contributed by atoms with van der Waals surface area (Å²) in [5, 5.41) is 3.29. The van der Waals surface area contributed by atoms with E-state index in [2.05, 4.69) is 57.8 Å². The fourth-order valence-electron chi connectivity index (χ4n) is 6.82. The minimum absolute atomic E-state index is 0.124. The second-order valence-corrected chi connectivity index (χ2v) is 15.8. The third-order valence-corrected chi connectivity index (χ3v) is 9.92. The van der Waals surface area contributed by atoms with E-state index in [1.807, 2.05) is 53.9 Å². The molecule has 0 spiro atoms. The molecule has 0 radical (unpaired) electrons. The number of benzene rings is 2. The minimum Gasteiger partial charge on any atom is -0.444 e. The Bertz CT molecular complexity index is 1980. The van der Waals surface area contributed by atoms with E-state index < -0.39 is 11.2 Å². The van der Waals surface area contributed by atoms with E-state index in [-0.39, 0.29) is 24.3 Å². The Labute approximate surface area is 290 Å². The van der Waals surface area contributed by atoms with Gasteiger partial charge in [0.15, 0.2) is 0 Å². The van der Waals surface area contributed by atoms with Crippen LogP contribution < -0.4 is 0 Å². The van der Waals surface area contributed by atoms with E-state index in [0.29, 0.717) is 13.1 Å². The zero-order valence-electron chi connectivity index (χ0n) is 29.0. The van der Waals surface area contributed by atoms with Crippen molar-refractivity contribution in [3.63, 3.8) is 0 Å². The summed E-state index contributed by atoms with van der Waals surface area (Å²) >= 11 is 1.70. The average Bonchev–Trinajstić information content (AvgIpc) is 3.88. The van der Waals surface area contributed by atoms with Crippen LogP contribution >= 0.6 is 11.3 Å². The first-order valence-corrected chi connectivity index (χ1v) is 17.9. The number of hydrogen-bond acceptors (Lipinski definition) is 7. The van der Waals surface area contributed by atoms with Crippen molar-refractivity contribution in [2.45, 2.75) is 90.5 Å². The number of nitrogens with zero attached hydrogens (tertiary/aromatic N) is 4. The lowest BCUT2D eigenvalue weighted by Crippen LogP contribution is -2.36. The third kappa shape index (κ3) is 6.81. The summed E-state index contributed by atoms with van der Waals surface area (Å²) in [5.41, 5.74) is 4.95. The molecule has 5 aromatic rings. The van der Waals surface area contributed by atoms with Gasteiger partial charge in [-0.25, -0.2) is 19.6 Å². The first-order valence-electron chi connectivity index (χ1n) is 17.1. The smallest absolute Gasteiger partial charge is 0.410 e. The predicted octanol–water partition coefficient (Wildman–Crippen LogP) is 9.49. The summed E-state index contributed by atoms with van der Waals surface area (Å²) in [6.07, 6.45) is 6.79. The van der Waals surface area contributed by atoms with Crippen LogP contribution in [-0.2, 0) is 9.47 Å². The zero-order valence-corrected chi connectivity index (χ0v) is 29.8. The van der Waals surface area contributed by atoms with Gasteiger partial charge in [-0.05, 0) is 89.8 Å². The third-order valence-electron chi connectivity index (χ3n) is 8.97. The Kier molecular flexibility index (Phi) is 8.50. The van der Waals surface area contributed by atoms with Crippen molar-refractivity contribution in [2.24, 2.45) is 0 Å². The SMILES string of the molecule is CC(C)(C)OC(=O)N1CCC[C@H]1c1nc(-c2ccc(-c3ccc(-c4c[nH]c([C@@H]5CCCN5C(=O)OC(C)(C)C)n4)c4sccc34)cc2)c[nH]1.